The molecule has 4 atom stereocenters. The van der Waals surface area contributed by atoms with Crippen LogP contribution < -0.4 is 9.47 Å². The van der Waals surface area contributed by atoms with Gasteiger partial charge in [-0.2, -0.15) is 0 Å². The first-order valence-electron chi connectivity index (χ1n) is 12.0. The van der Waals surface area contributed by atoms with E-state index in [1.54, 1.807) is 60.9 Å². The summed E-state index contributed by atoms with van der Waals surface area (Å²) in [6, 6.07) is 13.5. The molecule has 0 radical (unpaired) electrons. The second-order valence-corrected chi connectivity index (χ2v) is 8.95. The number of carbonyl (C=O) groups excluding carboxylic acids is 1. The highest BCUT2D eigenvalue weighted by molar-refractivity contribution is 5.81. The number of aromatic nitrogens is 2. The molecule has 0 saturated carbocycles. The Morgan fingerprint density at radius 1 is 1.00 bits per heavy atom. The molecule has 36 heavy (non-hydrogen) atoms. The van der Waals surface area contributed by atoms with E-state index in [9.17, 15) is 18.0 Å². The molecule has 3 aromatic rings. The number of rotatable bonds is 11. The van der Waals surface area contributed by atoms with Gasteiger partial charge >= 0.3 is 5.97 Å². The van der Waals surface area contributed by atoms with Gasteiger partial charge in [-0.15, -0.1) is 0 Å². The smallest absolute Gasteiger partial charge is 0.348 e. The molecule has 0 aliphatic rings. The SMILES string of the molecule is CCCCC(C)(F)C(=O)Oc1ccc(-c2cnc(-c3ccccc3OC(C)C(F)C(C)F)nc2)cc1. The lowest BCUT2D eigenvalue weighted by atomic mass is 10.0. The Hall–Kier alpha value is -3.42. The molecule has 0 spiro atoms. The van der Waals surface area contributed by atoms with Gasteiger partial charge in [0.2, 0.25) is 5.67 Å². The second kappa shape index (κ2) is 12.0. The molecule has 3 rings (SSSR count). The minimum Gasteiger partial charge on any atom is -0.487 e. The molecule has 0 bridgehead atoms. The maximum atomic E-state index is 14.5. The van der Waals surface area contributed by atoms with E-state index in [0.29, 0.717) is 29.1 Å². The topological polar surface area (TPSA) is 61.3 Å². The zero-order valence-corrected chi connectivity index (χ0v) is 20.9. The molecule has 0 N–H and O–H groups in total. The van der Waals surface area contributed by atoms with Crippen molar-refractivity contribution < 1.29 is 27.4 Å². The van der Waals surface area contributed by atoms with Crippen LogP contribution in [0.1, 0.15) is 47.0 Å². The van der Waals surface area contributed by atoms with Crippen molar-refractivity contribution in [2.24, 2.45) is 0 Å². The summed E-state index contributed by atoms with van der Waals surface area (Å²) in [5.41, 5.74) is -0.0116. The number of carbonyl (C=O) groups is 1. The van der Waals surface area contributed by atoms with Gasteiger partial charge in [-0.05, 0) is 63.4 Å². The fraction of sp³-hybridized carbons (Fsp3) is 0.393. The summed E-state index contributed by atoms with van der Waals surface area (Å²) in [4.78, 5) is 21.0. The Balaban J connectivity index is 1.72. The van der Waals surface area contributed by atoms with Crippen LogP contribution in [0.25, 0.3) is 22.5 Å². The lowest BCUT2D eigenvalue weighted by molar-refractivity contribution is -0.147. The molecule has 0 fully saturated rings. The van der Waals surface area contributed by atoms with E-state index in [1.165, 1.54) is 13.8 Å². The van der Waals surface area contributed by atoms with Crippen LogP contribution in [0, 0.1) is 0 Å². The first-order chi connectivity index (χ1) is 17.1. The van der Waals surface area contributed by atoms with Gasteiger partial charge in [-0.1, -0.05) is 37.6 Å². The minimum atomic E-state index is -2.04. The maximum absolute atomic E-state index is 14.5. The number of para-hydroxylation sites is 1. The standard InChI is InChI=1S/C28H31F3N2O3/c1-5-6-15-28(4,31)27(34)36-22-13-11-20(12-14-22)21-16-32-26(33-17-21)23-9-7-8-10-24(23)35-19(3)25(30)18(2)29/h7-14,16-19,25H,5-6,15H2,1-4H3. The average molecular weight is 501 g/mol. The van der Waals surface area contributed by atoms with Crippen molar-refractivity contribution in [3.63, 3.8) is 0 Å². The van der Waals surface area contributed by atoms with E-state index in [-0.39, 0.29) is 12.2 Å². The predicted octanol–water partition coefficient (Wildman–Crippen LogP) is 7.10. The van der Waals surface area contributed by atoms with Crippen molar-refractivity contribution in [2.75, 3.05) is 0 Å². The molecule has 192 valence electrons. The Bertz CT molecular complexity index is 1140. The lowest BCUT2D eigenvalue weighted by Gasteiger charge is -2.21. The van der Waals surface area contributed by atoms with E-state index < -0.39 is 30.1 Å². The Labute approximate surface area is 209 Å². The van der Waals surface area contributed by atoms with E-state index >= 15 is 0 Å². The number of nitrogens with zero attached hydrogens (tertiary/aromatic N) is 2. The van der Waals surface area contributed by atoms with Crippen molar-refractivity contribution in [2.45, 2.75) is 71.1 Å². The van der Waals surface area contributed by atoms with Crippen molar-refractivity contribution >= 4 is 5.97 Å². The summed E-state index contributed by atoms with van der Waals surface area (Å²) in [5, 5.41) is 0. The zero-order valence-electron chi connectivity index (χ0n) is 20.9. The quantitative estimate of drug-likeness (QED) is 0.208. The van der Waals surface area contributed by atoms with Gasteiger partial charge in [0.25, 0.3) is 0 Å². The molecule has 0 aliphatic heterocycles. The second-order valence-electron chi connectivity index (χ2n) is 8.95. The number of esters is 1. The molecule has 5 nitrogen and oxygen atoms in total. The molecule has 0 saturated heterocycles. The Morgan fingerprint density at radius 3 is 2.25 bits per heavy atom. The van der Waals surface area contributed by atoms with Crippen LogP contribution in [0.2, 0.25) is 0 Å². The third kappa shape index (κ3) is 6.83. The predicted molar refractivity (Wildman–Crippen MR) is 133 cm³/mol. The third-order valence-corrected chi connectivity index (χ3v) is 5.80. The molecule has 1 aromatic heterocycles. The van der Waals surface area contributed by atoms with Crippen molar-refractivity contribution in [3.8, 4) is 34.0 Å². The summed E-state index contributed by atoms with van der Waals surface area (Å²) < 4.78 is 52.7. The Morgan fingerprint density at radius 2 is 1.64 bits per heavy atom. The lowest BCUT2D eigenvalue weighted by Crippen LogP contribution is -2.34. The molecule has 0 amide bonds. The van der Waals surface area contributed by atoms with E-state index in [4.69, 9.17) is 9.47 Å². The molecular weight excluding hydrogens is 469 g/mol. The summed E-state index contributed by atoms with van der Waals surface area (Å²) in [5.74, 6) is 0.0541. The number of hydrogen-bond acceptors (Lipinski definition) is 5. The highest BCUT2D eigenvalue weighted by Gasteiger charge is 2.34. The summed E-state index contributed by atoms with van der Waals surface area (Å²) in [6.45, 7) is 5.79. The molecule has 8 heteroatoms. The third-order valence-electron chi connectivity index (χ3n) is 5.80. The Kier molecular flexibility index (Phi) is 9.07. The van der Waals surface area contributed by atoms with Gasteiger partial charge in [-0.3, -0.25) is 0 Å². The van der Waals surface area contributed by atoms with Crippen LogP contribution in [0.4, 0.5) is 13.2 Å². The highest BCUT2D eigenvalue weighted by atomic mass is 19.2. The van der Waals surface area contributed by atoms with E-state index in [1.807, 2.05) is 6.92 Å². The van der Waals surface area contributed by atoms with Gasteiger partial charge < -0.3 is 9.47 Å². The van der Waals surface area contributed by atoms with Crippen LogP contribution in [0.3, 0.4) is 0 Å². The number of alkyl halides is 3. The monoisotopic (exact) mass is 500 g/mol. The molecule has 0 aliphatic carbocycles. The minimum absolute atomic E-state index is 0.112. The number of hydrogen-bond donors (Lipinski definition) is 0. The molecular formula is C28H31F3N2O3. The van der Waals surface area contributed by atoms with Crippen molar-refractivity contribution in [1.82, 2.24) is 9.97 Å². The first kappa shape index (κ1) is 27.2. The van der Waals surface area contributed by atoms with Crippen LogP contribution in [-0.4, -0.2) is 40.1 Å². The number of unbranched alkanes of at least 4 members (excludes halogenated alkanes) is 1. The number of benzene rings is 2. The first-order valence-corrected chi connectivity index (χ1v) is 12.0. The van der Waals surface area contributed by atoms with Gasteiger partial charge in [-0.25, -0.2) is 27.9 Å². The van der Waals surface area contributed by atoms with E-state index in [2.05, 4.69) is 9.97 Å². The summed E-state index contributed by atoms with van der Waals surface area (Å²) in [7, 11) is 0. The fourth-order valence-corrected chi connectivity index (χ4v) is 3.55. The maximum Gasteiger partial charge on any atom is 0.348 e. The van der Waals surface area contributed by atoms with Gasteiger partial charge in [0.05, 0.1) is 5.56 Å². The zero-order chi connectivity index (χ0) is 26.3. The number of halogens is 3. The van der Waals surface area contributed by atoms with Crippen molar-refractivity contribution in [3.05, 3.63) is 60.9 Å². The van der Waals surface area contributed by atoms with Crippen LogP contribution in [0.5, 0.6) is 11.5 Å². The van der Waals surface area contributed by atoms with E-state index in [0.717, 1.165) is 18.9 Å². The molecule has 4 unspecified atom stereocenters. The normalized spacial score (nSPS) is 15.4. The van der Waals surface area contributed by atoms with Crippen LogP contribution >= 0.6 is 0 Å². The largest absolute Gasteiger partial charge is 0.487 e. The summed E-state index contributed by atoms with van der Waals surface area (Å²) >= 11 is 0. The number of ether oxygens (including phenoxy) is 2. The van der Waals surface area contributed by atoms with Crippen LogP contribution in [-0.2, 0) is 4.79 Å². The van der Waals surface area contributed by atoms with Gasteiger partial charge in [0.15, 0.2) is 12.0 Å². The highest BCUT2D eigenvalue weighted by Crippen LogP contribution is 2.30. The average Bonchev–Trinajstić information content (AvgIpc) is 2.88. The van der Waals surface area contributed by atoms with Gasteiger partial charge in [0.1, 0.15) is 23.8 Å². The van der Waals surface area contributed by atoms with Gasteiger partial charge in [0, 0.05) is 18.0 Å². The summed E-state index contributed by atoms with van der Waals surface area (Å²) in [6.07, 6.45) is 0.332. The van der Waals surface area contributed by atoms with Crippen molar-refractivity contribution in [1.29, 1.82) is 0 Å². The molecule has 1 heterocycles. The van der Waals surface area contributed by atoms with Crippen LogP contribution in [0.15, 0.2) is 60.9 Å². The molecule has 2 aromatic carbocycles. The fourth-order valence-electron chi connectivity index (χ4n) is 3.55.